The second kappa shape index (κ2) is 23.9. The van der Waals surface area contributed by atoms with Gasteiger partial charge in [-0.3, -0.25) is 20.2 Å². The van der Waals surface area contributed by atoms with Gasteiger partial charge in [-0.05, 0) is 61.0 Å². The Kier molecular flexibility index (Phi) is 18.7. The summed E-state index contributed by atoms with van der Waals surface area (Å²) in [4.78, 5) is 68.1. The zero-order valence-corrected chi connectivity index (χ0v) is 31.2. The fraction of sp³-hybridized carbons (Fsp3) is 0.333. The fourth-order valence-corrected chi connectivity index (χ4v) is 5.23. The van der Waals surface area contributed by atoms with Crippen LogP contribution < -0.4 is 0 Å². The van der Waals surface area contributed by atoms with E-state index < -0.39 is 48.2 Å². The van der Waals surface area contributed by atoms with E-state index in [9.17, 15) is 39.4 Å². The van der Waals surface area contributed by atoms with Gasteiger partial charge in [0.2, 0.25) is 12.1 Å². The maximum absolute atomic E-state index is 11.8. The molecule has 0 saturated carbocycles. The molecule has 0 fully saturated rings. The highest BCUT2D eigenvalue weighted by Crippen LogP contribution is 2.22. The lowest BCUT2D eigenvalue weighted by Crippen LogP contribution is -2.22. The molecule has 294 valence electrons. The van der Waals surface area contributed by atoms with Crippen molar-refractivity contribution in [1.29, 1.82) is 0 Å². The molecule has 0 heterocycles. The summed E-state index contributed by atoms with van der Waals surface area (Å²) in [5.41, 5.74) is 3.20. The molecule has 0 saturated heterocycles. The third kappa shape index (κ3) is 17.9. The molecule has 0 amide bonds. The molecule has 14 nitrogen and oxygen atoms in total. The number of nitro groups is 2. The van der Waals surface area contributed by atoms with Crippen LogP contribution in [0.4, 0.5) is 0 Å². The normalized spacial score (nSPS) is 17.5. The maximum Gasteiger partial charge on any atom is 0.384 e. The van der Waals surface area contributed by atoms with E-state index in [0.29, 0.717) is 38.5 Å². The first-order valence-electron chi connectivity index (χ1n) is 17.9. The monoisotopic (exact) mass is 768 g/mol. The first-order valence-corrected chi connectivity index (χ1v) is 17.9. The number of allylic oxidation sites excluding steroid dienone is 4. The van der Waals surface area contributed by atoms with Gasteiger partial charge in [-0.1, -0.05) is 85.0 Å². The Balaban J connectivity index is 0.000000300. The Morgan fingerprint density at radius 1 is 0.714 bits per heavy atom. The van der Waals surface area contributed by atoms with Gasteiger partial charge in [-0.2, -0.15) is 0 Å². The van der Waals surface area contributed by atoms with Gasteiger partial charge in [0, 0.05) is 59.7 Å². The van der Waals surface area contributed by atoms with E-state index in [1.165, 1.54) is 37.3 Å². The van der Waals surface area contributed by atoms with Gasteiger partial charge >= 0.3 is 23.9 Å². The number of benzene rings is 2. The number of carbonyl (C=O) groups excluding carboxylic acids is 4. The number of hydrogen-bond acceptors (Lipinski definition) is 12. The van der Waals surface area contributed by atoms with Crippen LogP contribution in [0.2, 0.25) is 0 Å². The highest BCUT2D eigenvalue weighted by molar-refractivity contribution is 5.88. The Morgan fingerprint density at radius 2 is 1.20 bits per heavy atom. The van der Waals surface area contributed by atoms with Crippen LogP contribution in [0, 0.1) is 32.1 Å². The third-order valence-corrected chi connectivity index (χ3v) is 8.13. The molecule has 0 spiro atoms. The molecule has 0 radical (unpaired) electrons. The number of esters is 4. The number of ether oxygens (including phenoxy) is 4. The van der Waals surface area contributed by atoms with Crippen LogP contribution in [0.1, 0.15) is 63.5 Å². The average molecular weight is 769 g/mol. The largest absolute Gasteiger partial charge is 0.458 e. The van der Waals surface area contributed by atoms with Gasteiger partial charge in [-0.25, -0.2) is 19.2 Å². The summed E-state index contributed by atoms with van der Waals surface area (Å²) in [7, 11) is 0. The molecule has 0 aromatic heterocycles. The highest BCUT2D eigenvalue weighted by Gasteiger charge is 2.24. The summed E-state index contributed by atoms with van der Waals surface area (Å²) in [5.74, 6) is 2.33. The van der Waals surface area contributed by atoms with Crippen molar-refractivity contribution in [3.63, 3.8) is 0 Å². The molecule has 4 rings (SSSR count). The van der Waals surface area contributed by atoms with Crippen molar-refractivity contribution in [2.75, 3.05) is 0 Å². The zero-order valence-electron chi connectivity index (χ0n) is 31.2. The predicted molar refractivity (Wildman–Crippen MR) is 204 cm³/mol. The van der Waals surface area contributed by atoms with Gasteiger partial charge in [0.05, 0.1) is 0 Å². The molecule has 2 aromatic carbocycles. The van der Waals surface area contributed by atoms with Gasteiger partial charge in [0.1, 0.15) is 19.3 Å². The molecule has 2 aromatic rings. The van der Waals surface area contributed by atoms with E-state index >= 15 is 0 Å². The minimum absolute atomic E-state index is 0.117. The molecule has 56 heavy (non-hydrogen) atoms. The van der Waals surface area contributed by atoms with Gasteiger partial charge < -0.3 is 18.9 Å². The number of rotatable bonds is 14. The first-order chi connectivity index (χ1) is 26.9. The van der Waals surface area contributed by atoms with Crippen LogP contribution in [0.15, 0.2) is 120 Å². The Bertz CT molecular complexity index is 1890. The maximum atomic E-state index is 11.8. The quantitative estimate of drug-likeness (QED) is 0.0386. The minimum atomic E-state index is -0.798. The molecule has 2 unspecified atom stereocenters. The Labute approximate surface area is 324 Å². The van der Waals surface area contributed by atoms with E-state index in [2.05, 4.69) is 11.8 Å². The van der Waals surface area contributed by atoms with Crippen molar-refractivity contribution in [1.82, 2.24) is 0 Å². The molecule has 2 aliphatic carbocycles. The van der Waals surface area contributed by atoms with Crippen molar-refractivity contribution in [3.8, 4) is 11.8 Å². The smallest absolute Gasteiger partial charge is 0.384 e. The number of nitrogens with zero attached hydrogens (tertiary/aromatic N) is 2. The number of carbonyl (C=O) groups is 4. The van der Waals surface area contributed by atoms with Crippen LogP contribution in [-0.4, -0.2) is 58.0 Å². The predicted octanol–water partition coefficient (Wildman–Crippen LogP) is 6.51. The molecule has 2 aliphatic rings. The van der Waals surface area contributed by atoms with E-state index in [-0.39, 0.29) is 23.1 Å². The molecular formula is C42H44N2O12. The van der Waals surface area contributed by atoms with Crippen LogP contribution in [-0.2, 0) is 51.3 Å². The van der Waals surface area contributed by atoms with Crippen LogP contribution in [0.5, 0.6) is 0 Å². The number of hydrogen-bond donors (Lipinski definition) is 0. The fourth-order valence-electron chi connectivity index (χ4n) is 5.23. The molecule has 0 aliphatic heterocycles. The molecule has 0 N–H and O–H groups in total. The molecule has 0 bridgehead atoms. The topological polar surface area (TPSA) is 191 Å². The summed E-state index contributed by atoms with van der Waals surface area (Å²) >= 11 is 0. The summed E-state index contributed by atoms with van der Waals surface area (Å²) < 4.78 is 20.3. The van der Waals surface area contributed by atoms with E-state index in [0.717, 1.165) is 22.3 Å². The molecular weight excluding hydrogens is 724 g/mol. The summed E-state index contributed by atoms with van der Waals surface area (Å²) in [6.07, 6.45) is 13.3. The second-order valence-corrected chi connectivity index (χ2v) is 12.7. The van der Waals surface area contributed by atoms with Crippen molar-refractivity contribution < 1.29 is 48.0 Å². The minimum Gasteiger partial charge on any atom is -0.458 e. The standard InChI is InChI=1S/C21H23NO6.C21H21NO6/c2*1-16(10-12-20(23)27-15-18-6-3-2-4-7-18)28-21(24)13-11-17-8-5-9-19(14-17)22(25)26/h2-4,6-8,10-13,16,19H,5,9,14-15H2,1H3;2-4,6-8,11,13,16,19H,5,9,14-15H2,1H3/b12-10-,13-11+;13-11+/t2*16-,19?/m11/s1. The van der Waals surface area contributed by atoms with E-state index in [1.54, 1.807) is 13.0 Å². The molecule has 14 heteroatoms. The summed E-state index contributed by atoms with van der Waals surface area (Å²) in [6, 6.07) is 17.3. The second-order valence-electron chi connectivity index (χ2n) is 12.7. The average Bonchev–Trinajstić information content (AvgIpc) is 3.20. The van der Waals surface area contributed by atoms with Gasteiger partial charge in [0.25, 0.3) is 0 Å². The van der Waals surface area contributed by atoms with Crippen molar-refractivity contribution >= 4 is 23.9 Å². The lowest BCUT2D eigenvalue weighted by Gasteiger charge is -2.14. The highest BCUT2D eigenvalue weighted by atomic mass is 16.6. The van der Waals surface area contributed by atoms with E-state index in [1.807, 2.05) is 72.8 Å². The van der Waals surface area contributed by atoms with Crippen LogP contribution >= 0.6 is 0 Å². The van der Waals surface area contributed by atoms with Crippen LogP contribution in [0.25, 0.3) is 0 Å². The lowest BCUT2D eigenvalue weighted by molar-refractivity contribution is -0.523. The SMILES string of the molecule is C[C@H](/C=C\C(=O)OCc1ccccc1)OC(=O)/C=C/C1=CCCC([N+](=O)[O-])C1.C[C@H](C#CC(=O)OCc1ccccc1)OC(=O)/C=C/C1=CCCC([N+](=O)[O-])C1. The van der Waals surface area contributed by atoms with Gasteiger partial charge in [0.15, 0.2) is 6.10 Å². The lowest BCUT2D eigenvalue weighted by atomic mass is 9.95. The third-order valence-electron chi connectivity index (χ3n) is 8.13. The van der Waals surface area contributed by atoms with Gasteiger partial charge in [-0.15, -0.1) is 0 Å². The van der Waals surface area contributed by atoms with Crippen molar-refractivity contribution in [2.24, 2.45) is 0 Å². The summed E-state index contributed by atoms with van der Waals surface area (Å²) in [5, 5.41) is 21.7. The zero-order chi connectivity index (χ0) is 40.7. The van der Waals surface area contributed by atoms with Crippen molar-refractivity contribution in [2.45, 2.75) is 89.9 Å². The molecule has 4 atom stereocenters. The van der Waals surface area contributed by atoms with Crippen LogP contribution in [0.3, 0.4) is 0 Å². The first kappa shape index (κ1) is 43.8. The summed E-state index contributed by atoms with van der Waals surface area (Å²) in [6.45, 7) is 3.44. The Morgan fingerprint density at radius 3 is 1.70 bits per heavy atom. The Hall–Kier alpha value is -6.62. The van der Waals surface area contributed by atoms with Crippen molar-refractivity contribution in [3.05, 3.63) is 152 Å². The van der Waals surface area contributed by atoms with E-state index in [4.69, 9.17) is 18.9 Å².